The summed E-state index contributed by atoms with van der Waals surface area (Å²) in [5, 5.41) is 15.0. The molecule has 2 N–H and O–H groups in total. The molecule has 0 radical (unpaired) electrons. The molecule has 1 atom stereocenters. The minimum atomic E-state index is 0. The lowest BCUT2D eigenvalue weighted by molar-refractivity contribution is 0.287. The zero-order valence-electron chi connectivity index (χ0n) is 18.2. The van der Waals surface area contributed by atoms with Gasteiger partial charge in [0, 0.05) is 13.6 Å². The second-order valence-corrected chi connectivity index (χ2v) is 6.36. The quantitative estimate of drug-likeness (QED) is 0.302. The standard InChI is InChI=1S/C20H32N6O2.HI/c1-7-21-20(22-13-19-25-24-15(5)26(19)6)23-14(4)16-10-11-17(27-8-2)18(12-16)28-9-3;/h10-12,14H,7-9,13H2,1-6H3,(H2,21,22,23);1H. The molecule has 0 spiro atoms. The van der Waals surface area contributed by atoms with Gasteiger partial charge in [-0.15, -0.1) is 34.2 Å². The van der Waals surface area contributed by atoms with Gasteiger partial charge < -0.3 is 24.7 Å². The van der Waals surface area contributed by atoms with E-state index in [0.29, 0.717) is 19.8 Å². The molecule has 2 aromatic rings. The zero-order valence-corrected chi connectivity index (χ0v) is 20.5. The first kappa shape index (κ1) is 25.0. The van der Waals surface area contributed by atoms with Crippen LogP contribution in [0.25, 0.3) is 0 Å². The predicted molar refractivity (Wildman–Crippen MR) is 126 cm³/mol. The average Bonchev–Trinajstić information content (AvgIpc) is 3.00. The molecule has 2 rings (SSSR count). The van der Waals surface area contributed by atoms with Gasteiger partial charge in [0.15, 0.2) is 23.3 Å². The summed E-state index contributed by atoms with van der Waals surface area (Å²) in [7, 11) is 1.94. The molecule has 8 nitrogen and oxygen atoms in total. The summed E-state index contributed by atoms with van der Waals surface area (Å²) in [5.74, 6) is 3.93. The molecule has 162 valence electrons. The van der Waals surface area contributed by atoms with Gasteiger partial charge in [-0.3, -0.25) is 0 Å². The predicted octanol–water partition coefficient (Wildman–Crippen LogP) is 3.36. The van der Waals surface area contributed by atoms with Crippen molar-refractivity contribution >= 4 is 29.9 Å². The lowest BCUT2D eigenvalue weighted by Crippen LogP contribution is -2.38. The summed E-state index contributed by atoms with van der Waals surface area (Å²) in [6.45, 7) is 12.4. The van der Waals surface area contributed by atoms with Gasteiger partial charge in [0.1, 0.15) is 12.4 Å². The molecule has 0 saturated heterocycles. The van der Waals surface area contributed by atoms with Gasteiger partial charge in [-0.2, -0.15) is 0 Å². The average molecular weight is 516 g/mol. The van der Waals surface area contributed by atoms with Crippen molar-refractivity contribution in [2.75, 3.05) is 19.8 Å². The maximum atomic E-state index is 5.74. The van der Waals surface area contributed by atoms with Crippen LogP contribution in [0, 0.1) is 6.92 Å². The Balaban J connectivity index is 0.00000420. The first-order chi connectivity index (χ1) is 13.5. The second kappa shape index (κ2) is 12.5. The number of nitrogens with zero attached hydrogens (tertiary/aromatic N) is 4. The van der Waals surface area contributed by atoms with E-state index in [1.165, 1.54) is 0 Å². The number of hydrogen-bond donors (Lipinski definition) is 2. The van der Waals surface area contributed by atoms with Crippen LogP contribution in [0.5, 0.6) is 11.5 Å². The number of aromatic nitrogens is 3. The minimum Gasteiger partial charge on any atom is -0.490 e. The Morgan fingerprint density at radius 1 is 1.14 bits per heavy atom. The molecule has 0 aliphatic rings. The van der Waals surface area contributed by atoms with Crippen LogP contribution < -0.4 is 20.1 Å². The number of nitrogens with one attached hydrogen (secondary N) is 2. The fourth-order valence-electron chi connectivity index (χ4n) is 2.68. The molecule has 1 heterocycles. The highest BCUT2D eigenvalue weighted by molar-refractivity contribution is 14.0. The lowest BCUT2D eigenvalue weighted by atomic mass is 10.1. The molecular formula is C20H33IN6O2. The van der Waals surface area contributed by atoms with Crippen molar-refractivity contribution in [3.8, 4) is 11.5 Å². The van der Waals surface area contributed by atoms with Crippen LogP contribution in [0.1, 0.15) is 50.9 Å². The van der Waals surface area contributed by atoms with Gasteiger partial charge in [0.05, 0.1) is 19.3 Å². The van der Waals surface area contributed by atoms with Crippen LogP contribution in [0.2, 0.25) is 0 Å². The highest BCUT2D eigenvalue weighted by Gasteiger charge is 2.13. The van der Waals surface area contributed by atoms with E-state index < -0.39 is 0 Å². The molecule has 29 heavy (non-hydrogen) atoms. The Bertz CT molecular complexity index is 793. The van der Waals surface area contributed by atoms with Crippen LogP contribution in [0.4, 0.5) is 0 Å². The number of benzene rings is 1. The molecule has 0 saturated carbocycles. The van der Waals surface area contributed by atoms with E-state index in [2.05, 4.69) is 32.7 Å². The Morgan fingerprint density at radius 3 is 2.41 bits per heavy atom. The highest BCUT2D eigenvalue weighted by atomic mass is 127. The van der Waals surface area contributed by atoms with Gasteiger partial charge in [0.25, 0.3) is 0 Å². The van der Waals surface area contributed by atoms with E-state index in [-0.39, 0.29) is 30.0 Å². The zero-order chi connectivity index (χ0) is 20.5. The van der Waals surface area contributed by atoms with E-state index in [4.69, 9.17) is 9.47 Å². The number of halogens is 1. The third-order valence-corrected chi connectivity index (χ3v) is 4.33. The third kappa shape index (κ3) is 7.06. The topological polar surface area (TPSA) is 85.6 Å². The summed E-state index contributed by atoms with van der Waals surface area (Å²) >= 11 is 0. The molecule has 1 aromatic carbocycles. The fraction of sp³-hybridized carbons (Fsp3) is 0.550. The molecule has 9 heteroatoms. The second-order valence-electron chi connectivity index (χ2n) is 6.36. The van der Waals surface area contributed by atoms with E-state index in [1.807, 2.05) is 57.5 Å². The molecule has 1 unspecified atom stereocenters. The van der Waals surface area contributed by atoms with E-state index in [1.54, 1.807) is 0 Å². The summed E-state index contributed by atoms with van der Waals surface area (Å²) in [6, 6.07) is 6.05. The fourth-order valence-corrected chi connectivity index (χ4v) is 2.68. The van der Waals surface area contributed by atoms with Crippen molar-refractivity contribution in [2.24, 2.45) is 12.0 Å². The maximum Gasteiger partial charge on any atom is 0.192 e. The van der Waals surface area contributed by atoms with Crippen LogP contribution in [0.15, 0.2) is 23.2 Å². The van der Waals surface area contributed by atoms with Gasteiger partial charge in [-0.1, -0.05) is 6.07 Å². The molecule has 0 aliphatic carbocycles. The van der Waals surface area contributed by atoms with Crippen molar-refractivity contribution in [2.45, 2.75) is 47.2 Å². The lowest BCUT2D eigenvalue weighted by Gasteiger charge is -2.20. The Morgan fingerprint density at radius 2 is 1.83 bits per heavy atom. The van der Waals surface area contributed by atoms with Crippen molar-refractivity contribution < 1.29 is 9.47 Å². The number of rotatable bonds is 9. The highest BCUT2D eigenvalue weighted by Crippen LogP contribution is 2.30. The molecule has 0 aliphatic heterocycles. The van der Waals surface area contributed by atoms with E-state index >= 15 is 0 Å². The summed E-state index contributed by atoms with van der Waals surface area (Å²) in [4.78, 5) is 4.64. The van der Waals surface area contributed by atoms with Gasteiger partial charge >= 0.3 is 0 Å². The number of aliphatic imine (C=N–C) groups is 1. The van der Waals surface area contributed by atoms with Gasteiger partial charge in [0.2, 0.25) is 0 Å². The maximum absolute atomic E-state index is 5.74. The third-order valence-electron chi connectivity index (χ3n) is 4.33. The normalized spacial score (nSPS) is 12.1. The Labute approximate surface area is 190 Å². The van der Waals surface area contributed by atoms with Crippen LogP contribution in [-0.2, 0) is 13.6 Å². The Hall–Kier alpha value is -2.04. The first-order valence-electron chi connectivity index (χ1n) is 9.79. The van der Waals surface area contributed by atoms with Crippen molar-refractivity contribution in [3.63, 3.8) is 0 Å². The van der Waals surface area contributed by atoms with Crippen LogP contribution in [-0.4, -0.2) is 40.5 Å². The number of hydrogen-bond acceptors (Lipinski definition) is 5. The van der Waals surface area contributed by atoms with Gasteiger partial charge in [-0.25, -0.2) is 4.99 Å². The summed E-state index contributed by atoms with van der Waals surface area (Å²) < 4.78 is 13.3. The monoisotopic (exact) mass is 516 g/mol. The molecule has 0 fully saturated rings. The minimum absolute atomic E-state index is 0. The number of guanidine groups is 1. The largest absolute Gasteiger partial charge is 0.490 e. The van der Waals surface area contributed by atoms with E-state index in [9.17, 15) is 0 Å². The van der Waals surface area contributed by atoms with Crippen molar-refractivity contribution in [1.29, 1.82) is 0 Å². The Kier molecular flexibility index (Phi) is 10.8. The van der Waals surface area contributed by atoms with E-state index in [0.717, 1.165) is 41.2 Å². The van der Waals surface area contributed by atoms with Crippen molar-refractivity contribution in [1.82, 2.24) is 25.4 Å². The molecule has 0 amide bonds. The van der Waals surface area contributed by atoms with Crippen molar-refractivity contribution in [3.05, 3.63) is 35.4 Å². The first-order valence-corrected chi connectivity index (χ1v) is 9.79. The SMILES string of the molecule is CCNC(=NCc1nnc(C)n1C)NC(C)c1ccc(OCC)c(OCC)c1.I. The molecule has 0 bridgehead atoms. The summed E-state index contributed by atoms with van der Waals surface area (Å²) in [5.41, 5.74) is 1.09. The summed E-state index contributed by atoms with van der Waals surface area (Å²) in [6.07, 6.45) is 0. The van der Waals surface area contributed by atoms with Crippen LogP contribution in [0.3, 0.4) is 0 Å². The molecular weight excluding hydrogens is 483 g/mol. The number of aryl methyl sites for hydroxylation is 1. The number of ether oxygens (including phenoxy) is 2. The van der Waals surface area contributed by atoms with Crippen LogP contribution >= 0.6 is 24.0 Å². The smallest absolute Gasteiger partial charge is 0.192 e. The van der Waals surface area contributed by atoms with Gasteiger partial charge in [-0.05, 0) is 52.3 Å². The molecule has 1 aromatic heterocycles.